The molecule has 9 heavy (non-hydrogen) atoms. The van der Waals surface area contributed by atoms with E-state index in [-0.39, 0.29) is 0 Å². The summed E-state index contributed by atoms with van der Waals surface area (Å²) in [5, 5.41) is 8.24. The summed E-state index contributed by atoms with van der Waals surface area (Å²) in [6, 6.07) is 0. The predicted molar refractivity (Wildman–Crippen MR) is 28.9 cm³/mol. The Morgan fingerprint density at radius 3 is 2.67 bits per heavy atom. The summed E-state index contributed by atoms with van der Waals surface area (Å²) in [6.07, 6.45) is -1.43. The second-order valence-corrected chi connectivity index (χ2v) is 1.39. The van der Waals surface area contributed by atoms with Gasteiger partial charge in [0.2, 0.25) is 0 Å². The van der Waals surface area contributed by atoms with Gasteiger partial charge in [-0.3, -0.25) is 4.79 Å². The molecule has 0 bridgehead atoms. The first-order chi connectivity index (χ1) is 5.25. The topological polar surface area (TPSA) is 63.6 Å². The molecule has 0 aliphatic heterocycles. The fourth-order valence-corrected chi connectivity index (χ4v) is 0.211. The third kappa shape index (κ3) is 3.52. The number of aliphatic carboxylic acids is 1. The number of carboxylic acids is 1. The lowest BCUT2D eigenvalue weighted by atomic mass is 10.4. The van der Waals surface area contributed by atoms with Crippen molar-refractivity contribution in [2.45, 2.75) is 19.9 Å². The maximum absolute atomic E-state index is 10.5. The van der Waals surface area contributed by atoms with Crippen molar-refractivity contribution >= 4 is 11.9 Å². The molecule has 0 heterocycles. The molecule has 0 aromatic heterocycles. The van der Waals surface area contributed by atoms with Crippen LogP contribution in [0.5, 0.6) is 0 Å². The molecule has 52 valence electrons. The average molecular weight is 136 g/mol. The highest BCUT2D eigenvalue weighted by atomic mass is 16.6. The van der Waals surface area contributed by atoms with Gasteiger partial charge in [0.15, 0.2) is 6.10 Å². The van der Waals surface area contributed by atoms with Crippen molar-refractivity contribution in [1.29, 1.82) is 0 Å². The molecule has 0 fully saturated rings. The van der Waals surface area contributed by atoms with Gasteiger partial charge < -0.3 is 9.84 Å². The van der Waals surface area contributed by atoms with Crippen molar-refractivity contribution < 1.29 is 23.5 Å². The summed E-state index contributed by atoms with van der Waals surface area (Å²) in [5.41, 5.74) is 0. The van der Waals surface area contributed by atoms with Crippen molar-refractivity contribution in [2.24, 2.45) is 0 Å². The van der Waals surface area contributed by atoms with Crippen LogP contribution in [0, 0.1) is 0 Å². The minimum atomic E-state index is -2.90. The number of carbonyl (C=O) groups excluding carboxylic acids is 1. The van der Waals surface area contributed by atoms with Gasteiger partial charge >= 0.3 is 11.9 Å². The summed E-state index contributed by atoms with van der Waals surface area (Å²) in [6.45, 7) is -1.82. The molecule has 0 aliphatic carbocycles. The third-order valence-electron chi connectivity index (χ3n) is 0.632. The van der Waals surface area contributed by atoms with Crippen LogP contribution in [0.15, 0.2) is 0 Å². The Morgan fingerprint density at radius 2 is 2.33 bits per heavy atom. The molecule has 1 N–H and O–H groups in total. The molecule has 0 aliphatic rings. The Bertz CT molecular complexity index is 197. The minimum Gasteiger partial charge on any atom is -0.479 e. The number of esters is 1. The molecule has 0 spiro atoms. The van der Waals surface area contributed by atoms with Gasteiger partial charge in [0.1, 0.15) is 0 Å². The molecule has 0 aromatic rings. The normalized spacial score (nSPS) is 18.6. The summed E-state index contributed by atoms with van der Waals surface area (Å²) < 4.78 is 23.7. The van der Waals surface area contributed by atoms with Gasteiger partial charge in [0, 0.05) is 11.0 Å². The van der Waals surface area contributed by atoms with Crippen LogP contribution in [0.2, 0.25) is 0 Å². The fourth-order valence-electron chi connectivity index (χ4n) is 0.211. The molecule has 4 nitrogen and oxygen atoms in total. The average Bonchev–Trinajstić information content (AvgIpc) is 1.85. The van der Waals surface area contributed by atoms with Crippen molar-refractivity contribution in [3.63, 3.8) is 0 Å². The molecule has 4 heteroatoms. The van der Waals surface area contributed by atoms with E-state index in [0.29, 0.717) is 0 Å². The molecule has 0 aromatic carbocycles. The highest BCUT2D eigenvalue weighted by molar-refractivity contribution is 5.76. The zero-order chi connectivity index (χ0) is 9.94. The third-order valence-corrected chi connectivity index (χ3v) is 0.632. The highest BCUT2D eigenvalue weighted by Gasteiger charge is 2.12. The minimum absolute atomic E-state index is 1.08. The monoisotopic (exact) mass is 136 g/mol. The van der Waals surface area contributed by atoms with Gasteiger partial charge in [0.05, 0.1) is 0 Å². The fraction of sp³-hybridized carbons (Fsp3) is 0.600. The zero-order valence-corrected chi connectivity index (χ0v) is 4.75. The number of hydrogen-bond acceptors (Lipinski definition) is 3. The first-order valence-corrected chi connectivity index (χ1v) is 2.19. The van der Waals surface area contributed by atoms with Gasteiger partial charge in [-0.05, 0) is 6.92 Å². The standard InChI is InChI=1S/C5H8O4/c1-3(5(7)8)9-4(2)6/h3H,1-2H3,(H,7,8)/t3-/m0/s1/i2+1D3. The number of hydrogen-bond donors (Lipinski definition) is 1. The lowest BCUT2D eigenvalue weighted by Crippen LogP contribution is -2.21. The van der Waals surface area contributed by atoms with Crippen LogP contribution < -0.4 is 0 Å². The first kappa shape index (κ1) is 3.87. The van der Waals surface area contributed by atoms with E-state index in [1.54, 1.807) is 0 Å². The molecule has 0 rings (SSSR count). The summed E-state index contributed by atoms with van der Waals surface area (Å²) in [5.74, 6) is -2.88. The Labute approximate surface area is 56.6 Å². The predicted octanol–water partition coefficient (Wildman–Crippen LogP) is 0.0226. The van der Waals surface area contributed by atoms with Gasteiger partial charge in [-0.2, -0.15) is 0 Å². The van der Waals surface area contributed by atoms with Gasteiger partial charge in [-0.25, -0.2) is 4.79 Å². The summed E-state index contributed by atoms with van der Waals surface area (Å²) in [4.78, 5) is 20.6. The van der Waals surface area contributed by atoms with Gasteiger partial charge in [-0.15, -0.1) is 0 Å². The Hall–Kier alpha value is -1.06. The van der Waals surface area contributed by atoms with E-state index in [4.69, 9.17) is 9.22 Å². The number of rotatable bonds is 2. The van der Waals surface area contributed by atoms with E-state index in [0.717, 1.165) is 6.92 Å². The molecule has 0 saturated carbocycles. The van der Waals surface area contributed by atoms with Crippen LogP contribution in [0.25, 0.3) is 0 Å². The quantitative estimate of drug-likeness (QED) is 0.429. The van der Waals surface area contributed by atoms with Crippen LogP contribution in [0.3, 0.4) is 0 Å². The van der Waals surface area contributed by atoms with Gasteiger partial charge in [-0.1, -0.05) is 0 Å². The second-order valence-electron chi connectivity index (χ2n) is 1.39. The zero-order valence-electron chi connectivity index (χ0n) is 7.75. The lowest BCUT2D eigenvalue weighted by Gasteiger charge is -2.04. The maximum Gasteiger partial charge on any atom is 0.344 e. The van der Waals surface area contributed by atoms with Crippen molar-refractivity contribution in [3.05, 3.63) is 0 Å². The first-order valence-electron chi connectivity index (χ1n) is 3.69. The lowest BCUT2D eigenvalue weighted by molar-refractivity contribution is -0.161. The Kier molecular flexibility index (Phi) is 1.32. The Balaban J connectivity index is 4.11. The van der Waals surface area contributed by atoms with Crippen molar-refractivity contribution in [2.75, 3.05) is 0 Å². The summed E-state index contributed by atoms with van der Waals surface area (Å²) in [7, 11) is 0. The van der Waals surface area contributed by atoms with E-state index in [1.165, 1.54) is 0 Å². The molecular weight excluding hydrogens is 125 g/mol. The molecule has 0 saturated heterocycles. The van der Waals surface area contributed by atoms with E-state index >= 15 is 0 Å². The van der Waals surface area contributed by atoms with Gasteiger partial charge in [0.25, 0.3) is 0 Å². The van der Waals surface area contributed by atoms with Crippen LogP contribution in [-0.4, -0.2) is 23.1 Å². The van der Waals surface area contributed by atoms with Crippen LogP contribution in [-0.2, 0) is 14.3 Å². The number of carboxylic acid groups (broad SMARTS) is 1. The van der Waals surface area contributed by atoms with Crippen molar-refractivity contribution in [1.82, 2.24) is 0 Å². The van der Waals surface area contributed by atoms with Crippen LogP contribution in [0.4, 0.5) is 0 Å². The second kappa shape index (κ2) is 3.06. The van der Waals surface area contributed by atoms with Crippen LogP contribution in [0.1, 0.15) is 17.9 Å². The summed E-state index contributed by atoms with van der Waals surface area (Å²) >= 11 is 0. The molecule has 1 atom stereocenters. The highest BCUT2D eigenvalue weighted by Crippen LogP contribution is 1.89. The SMILES string of the molecule is [2H][13C]([2H])([2H])C(=O)O[C@@H](C)C(=O)O. The number of carbonyl (C=O) groups is 2. The van der Waals surface area contributed by atoms with Crippen molar-refractivity contribution in [3.8, 4) is 0 Å². The largest absolute Gasteiger partial charge is 0.479 e. The smallest absolute Gasteiger partial charge is 0.344 e. The Morgan fingerprint density at radius 1 is 1.78 bits per heavy atom. The van der Waals surface area contributed by atoms with Crippen LogP contribution >= 0.6 is 0 Å². The molecule has 0 amide bonds. The molecular formula is C5H8O4. The number of ether oxygens (including phenoxy) is 1. The van der Waals surface area contributed by atoms with E-state index in [9.17, 15) is 9.59 Å². The van der Waals surface area contributed by atoms with E-state index < -0.39 is 24.9 Å². The molecule has 0 unspecified atom stereocenters. The molecule has 0 radical (unpaired) electrons. The maximum atomic E-state index is 10.5. The van der Waals surface area contributed by atoms with E-state index in [1.807, 2.05) is 0 Å². The van der Waals surface area contributed by atoms with E-state index in [2.05, 4.69) is 4.74 Å².